The molecule has 2 heterocycles. The van der Waals surface area contributed by atoms with Crippen LogP contribution in [-0.4, -0.2) is 61.7 Å². The summed E-state index contributed by atoms with van der Waals surface area (Å²) in [7, 11) is 0. The van der Waals surface area contributed by atoms with Gasteiger partial charge in [0.1, 0.15) is 0 Å². The molecule has 2 saturated heterocycles. The molecule has 94 valence electrons. The lowest BCUT2D eigenvalue weighted by atomic mass is 9.95. The maximum atomic E-state index is 3.41. The molecule has 16 heavy (non-hydrogen) atoms. The van der Waals surface area contributed by atoms with Crippen molar-refractivity contribution in [1.29, 1.82) is 0 Å². The van der Waals surface area contributed by atoms with Crippen molar-refractivity contribution in [2.75, 3.05) is 45.8 Å². The van der Waals surface area contributed by atoms with Crippen molar-refractivity contribution in [3.8, 4) is 0 Å². The molecule has 0 spiro atoms. The smallest absolute Gasteiger partial charge is 0.0112 e. The van der Waals surface area contributed by atoms with Crippen LogP contribution in [0.15, 0.2) is 0 Å². The number of nitrogens with one attached hydrogen (secondary N) is 1. The van der Waals surface area contributed by atoms with E-state index in [0.29, 0.717) is 0 Å². The van der Waals surface area contributed by atoms with Crippen molar-refractivity contribution < 1.29 is 0 Å². The van der Waals surface area contributed by atoms with E-state index in [1.165, 1.54) is 58.7 Å². The Morgan fingerprint density at radius 2 is 1.81 bits per heavy atom. The normalized spacial score (nSPS) is 34.1. The molecule has 0 aromatic carbocycles. The van der Waals surface area contributed by atoms with Crippen LogP contribution in [0, 0.1) is 5.92 Å². The summed E-state index contributed by atoms with van der Waals surface area (Å²) < 4.78 is 0. The molecule has 0 amide bonds. The molecule has 0 radical (unpaired) electrons. The Labute approximate surface area is 100 Å². The zero-order chi connectivity index (χ0) is 11.4. The Kier molecular flexibility index (Phi) is 4.62. The Balaban J connectivity index is 1.71. The Morgan fingerprint density at radius 1 is 1.06 bits per heavy atom. The number of piperazine rings is 1. The van der Waals surface area contributed by atoms with Crippen molar-refractivity contribution in [3.05, 3.63) is 0 Å². The van der Waals surface area contributed by atoms with Crippen molar-refractivity contribution >= 4 is 0 Å². The minimum Gasteiger partial charge on any atom is -0.314 e. The van der Waals surface area contributed by atoms with Crippen molar-refractivity contribution in [2.24, 2.45) is 5.92 Å². The minimum absolute atomic E-state index is 0.805. The van der Waals surface area contributed by atoms with Gasteiger partial charge in [-0.3, -0.25) is 9.80 Å². The molecular formula is C13H27N3. The number of hydrogen-bond donors (Lipinski definition) is 1. The van der Waals surface area contributed by atoms with Crippen LogP contribution in [0.4, 0.5) is 0 Å². The van der Waals surface area contributed by atoms with Crippen LogP contribution in [0.5, 0.6) is 0 Å². The SMILES string of the molecule is CC1CCC(C)N(CCN2CCNCC2)C1. The van der Waals surface area contributed by atoms with Crippen LogP contribution in [-0.2, 0) is 0 Å². The van der Waals surface area contributed by atoms with E-state index >= 15 is 0 Å². The average Bonchev–Trinajstić information content (AvgIpc) is 2.32. The third-order valence-electron chi connectivity index (χ3n) is 4.16. The highest BCUT2D eigenvalue weighted by molar-refractivity contribution is 4.78. The predicted molar refractivity (Wildman–Crippen MR) is 68.7 cm³/mol. The van der Waals surface area contributed by atoms with E-state index in [-0.39, 0.29) is 0 Å². The van der Waals surface area contributed by atoms with E-state index in [1.807, 2.05) is 0 Å². The molecule has 1 N–H and O–H groups in total. The Hall–Kier alpha value is -0.120. The van der Waals surface area contributed by atoms with Crippen molar-refractivity contribution in [2.45, 2.75) is 32.7 Å². The molecule has 3 nitrogen and oxygen atoms in total. The molecule has 2 unspecified atom stereocenters. The molecular weight excluding hydrogens is 198 g/mol. The van der Waals surface area contributed by atoms with Crippen molar-refractivity contribution in [3.63, 3.8) is 0 Å². The first-order valence-corrected chi connectivity index (χ1v) is 6.93. The molecule has 0 bridgehead atoms. The first-order chi connectivity index (χ1) is 7.75. The molecule has 0 saturated carbocycles. The zero-order valence-corrected chi connectivity index (χ0v) is 10.9. The van der Waals surface area contributed by atoms with Gasteiger partial charge >= 0.3 is 0 Å². The summed E-state index contributed by atoms with van der Waals surface area (Å²) in [6.45, 7) is 13.4. The monoisotopic (exact) mass is 225 g/mol. The van der Waals surface area contributed by atoms with Gasteiger partial charge < -0.3 is 5.32 Å². The van der Waals surface area contributed by atoms with E-state index in [0.717, 1.165) is 12.0 Å². The van der Waals surface area contributed by atoms with Gasteiger partial charge in [0.25, 0.3) is 0 Å². The minimum atomic E-state index is 0.805. The molecule has 0 aliphatic carbocycles. The third kappa shape index (κ3) is 3.44. The number of likely N-dealkylation sites (tertiary alicyclic amines) is 1. The first kappa shape index (κ1) is 12.3. The van der Waals surface area contributed by atoms with Crippen LogP contribution in [0.1, 0.15) is 26.7 Å². The van der Waals surface area contributed by atoms with Crippen LogP contribution in [0.25, 0.3) is 0 Å². The standard InChI is InChI=1S/C13H27N3/c1-12-3-4-13(2)16(11-12)10-9-15-7-5-14-6-8-15/h12-14H,3-11H2,1-2H3. The van der Waals surface area contributed by atoms with Gasteiger partial charge in [-0.1, -0.05) is 6.92 Å². The lowest BCUT2D eigenvalue weighted by Gasteiger charge is -2.38. The lowest BCUT2D eigenvalue weighted by molar-refractivity contribution is 0.104. The summed E-state index contributed by atoms with van der Waals surface area (Å²) in [4.78, 5) is 5.29. The fraction of sp³-hybridized carbons (Fsp3) is 1.00. The summed E-state index contributed by atoms with van der Waals surface area (Å²) in [5.41, 5.74) is 0. The van der Waals surface area contributed by atoms with Crippen LogP contribution < -0.4 is 5.32 Å². The Bertz CT molecular complexity index is 201. The fourth-order valence-electron chi connectivity index (χ4n) is 2.90. The summed E-state index contributed by atoms with van der Waals surface area (Å²) >= 11 is 0. The van der Waals surface area contributed by atoms with Gasteiger partial charge in [-0.25, -0.2) is 0 Å². The quantitative estimate of drug-likeness (QED) is 0.773. The molecule has 2 rings (SSSR count). The molecule has 0 aromatic rings. The maximum Gasteiger partial charge on any atom is 0.0112 e. The summed E-state index contributed by atoms with van der Waals surface area (Å²) in [5.74, 6) is 0.902. The summed E-state index contributed by atoms with van der Waals surface area (Å²) in [5, 5.41) is 3.41. The van der Waals surface area contributed by atoms with E-state index in [4.69, 9.17) is 0 Å². The van der Waals surface area contributed by atoms with E-state index in [1.54, 1.807) is 0 Å². The molecule has 2 fully saturated rings. The highest BCUT2D eigenvalue weighted by Gasteiger charge is 2.23. The summed E-state index contributed by atoms with van der Waals surface area (Å²) in [6, 6.07) is 0.805. The van der Waals surface area contributed by atoms with Gasteiger partial charge in [0.05, 0.1) is 0 Å². The predicted octanol–water partition coefficient (Wildman–Crippen LogP) is 1.01. The maximum absolute atomic E-state index is 3.41. The molecule has 2 atom stereocenters. The van der Waals surface area contributed by atoms with Gasteiger partial charge in [-0.15, -0.1) is 0 Å². The highest BCUT2D eigenvalue weighted by atomic mass is 15.2. The largest absolute Gasteiger partial charge is 0.314 e. The third-order valence-corrected chi connectivity index (χ3v) is 4.16. The summed E-state index contributed by atoms with van der Waals surface area (Å²) in [6.07, 6.45) is 2.81. The topological polar surface area (TPSA) is 18.5 Å². The highest BCUT2D eigenvalue weighted by Crippen LogP contribution is 2.20. The second-order valence-electron chi connectivity index (χ2n) is 5.62. The zero-order valence-electron chi connectivity index (χ0n) is 10.9. The van der Waals surface area contributed by atoms with Crippen LogP contribution in [0.2, 0.25) is 0 Å². The fourth-order valence-corrected chi connectivity index (χ4v) is 2.90. The van der Waals surface area contributed by atoms with Gasteiger partial charge in [-0.2, -0.15) is 0 Å². The number of nitrogens with zero attached hydrogens (tertiary/aromatic N) is 2. The first-order valence-electron chi connectivity index (χ1n) is 6.93. The van der Waals surface area contributed by atoms with E-state index in [9.17, 15) is 0 Å². The van der Waals surface area contributed by atoms with E-state index in [2.05, 4.69) is 29.0 Å². The van der Waals surface area contributed by atoms with Crippen LogP contribution >= 0.6 is 0 Å². The van der Waals surface area contributed by atoms with Gasteiger partial charge in [-0.05, 0) is 25.7 Å². The average molecular weight is 225 g/mol. The van der Waals surface area contributed by atoms with Gasteiger partial charge in [0.2, 0.25) is 0 Å². The number of hydrogen-bond acceptors (Lipinski definition) is 3. The van der Waals surface area contributed by atoms with Gasteiger partial charge in [0, 0.05) is 51.9 Å². The molecule has 2 aliphatic rings. The molecule has 0 aromatic heterocycles. The van der Waals surface area contributed by atoms with Crippen molar-refractivity contribution in [1.82, 2.24) is 15.1 Å². The number of piperidine rings is 1. The lowest BCUT2D eigenvalue weighted by Crippen LogP contribution is -2.49. The Morgan fingerprint density at radius 3 is 2.56 bits per heavy atom. The van der Waals surface area contributed by atoms with Crippen LogP contribution in [0.3, 0.4) is 0 Å². The second-order valence-corrected chi connectivity index (χ2v) is 5.62. The van der Waals surface area contributed by atoms with Gasteiger partial charge in [0.15, 0.2) is 0 Å². The van der Waals surface area contributed by atoms with E-state index < -0.39 is 0 Å². The molecule has 2 aliphatic heterocycles. The second kappa shape index (κ2) is 5.99. The number of rotatable bonds is 3. The molecule has 3 heteroatoms.